The van der Waals surface area contributed by atoms with Gasteiger partial charge in [0.1, 0.15) is 6.04 Å². The minimum absolute atomic E-state index is 0.292. The first kappa shape index (κ1) is 14.5. The maximum absolute atomic E-state index is 11.6. The van der Waals surface area contributed by atoms with Crippen molar-refractivity contribution in [3.63, 3.8) is 0 Å². The summed E-state index contributed by atoms with van der Waals surface area (Å²) in [7, 11) is 0. The summed E-state index contributed by atoms with van der Waals surface area (Å²) in [6.07, 6.45) is 1.33. The van der Waals surface area contributed by atoms with Crippen molar-refractivity contribution in [2.75, 3.05) is 13.1 Å². The summed E-state index contributed by atoms with van der Waals surface area (Å²) in [4.78, 5) is 24.5. The van der Waals surface area contributed by atoms with Gasteiger partial charge < -0.3 is 10.2 Å². The van der Waals surface area contributed by atoms with Gasteiger partial charge in [0.25, 0.3) is 0 Å². The molecule has 1 aromatic rings. The summed E-state index contributed by atoms with van der Waals surface area (Å²) < 4.78 is 0. The maximum atomic E-state index is 11.6. The first-order valence-electron chi connectivity index (χ1n) is 6.75. The molecule has 20 heavy (non-hydrogen) atoms. The van der Waals surface area contributed by atoms with Crippen LogP contribution in [0.4, 0.5) is 0 Å². The summed E-state index contributed by atoms with van der Waals surface area (Å²) in [5, 5.41) is 18.6. The normalized spacial score (nSPS) is 21.4. The Kier molecular flexibility index (Phi) is 4.39. The zero-order valence-corrected chi connectivity index (χ0v) is 11.5. The second kappa shape index (κ2) is 6.05. The summed E-state index contributed by atoms with van der Waals surface area (Å²) in [6, 6.07) is 6.62. The quantitative estimate of drug-likeness (QED) is 0.879. The number of likely N-dealkylation sites (tertiary alicyclic amines) is 1. The largest absolute Gasteiger partial charge is 0.481 e. The number of nitrogens with zero attached hydrogens (tertiary/aromatic N) is 1. The molecule has 1 saturated heterocycles. The van der Waals surface area contributed by atoms with Gasteiger partial charge in [0.05, 0.1) is 5.92 Å². The maximum Gasteiger partial charge on any atom is 0.325 e. The van der Waals surface area contributed by atoms with Crippen LogP contribution in [0.1, 0.15) is 30.0 Å². The fourth-order valence-electron chi connectivity index (χ4n) is 2.79. The lowest BCUT2D eigenvalue weighted by Gasteiger charge is -2.35. The Morgan fingerprint density at radius 1 is 1.35 bits per heavy atom. The van der Waals surface area contributed by atoms with Gasteiger partial charge in [-0.05, 0) is 31.9 Å². The van der Waals surface area contributed by atoms with E-state index in [0.29, 0.717) is 31.5 Å². The molecule has 0 amide bonds. The summed E-state index contributed by atoms with van der Waals surface area (Å²) in [5.74, 6) is -2.25. The SMILES string of the molecule is Cc1cccc(C(C(=O)O)N2CCCC(C(=O)O)C2)c1. The number of rotatable bonds is 4. The van der Waals surface area contributed by atoms with Gasteiger partial charge >= 0.3 is 11.9 Å². The number of carbonyl (C=O) groups is 2. The smallest absolute Gasteiger partial charge is 0.325 e. The molecule has 5 nitrogen and oxygen atoms in total. The van der Waals surface area contributed by atoms with Gasteiger partial charge in [0.15, 0.2) is 0 Å². The molecule has 1 fully saturated rings. The van der Waals surface area contributed by atoms with Crippen LogP contribution < -0.4 is 0 Å². The number of carboxylic acid groups (broad SMARTS) is 2. The van der Waals surface area contributed by atoms with E-state index in [0.717, 1.165) is 5.56 Å². The fraction of sp³-hybridized carbons (Fsp3) is 0.467. The Bertz CT molecular complexity index is 514. The highest BCUT2D eigenvalue weighted by atomic mass is 16.4. The van der Waals surface area contributed by atoms with Crippen LogP contribution in [0.3, 0.4) is 0 Å². The molecule has 2 N–H and O–H groups in total. The Labute approximate surface area is 117 Å². The highest BCUT2D eigenvalue weighted by molar-refractivity contribution is 5.76. The molecule has 1 heterocycles. The van der Waals surface area contributed by atoms with Gasteiger partial charge in [-0.2, -0.15) is 0 Å². The number of aryl methyl sites for hydroxylation is 1. The minimum atomic E-state index is -0.929. The number of hydrogen-bond donors (Lipinski definition) is 2. The lowest BCUT2D eigenvalue weighted by molar-refractivity contribution is -0.149. The number of carboxylic acids is 2. The molecular formula is C15H19NO4. The Balaban J connectivity index is 2.25. The molecule has 2 atom stereocenters. The van der Waals surface area contributed by atoms with Crippen LogP contribution in [-0.2, 0) is 9.59 Å². The highest BCUT2D eigenvalue weighted by Crippen LogP contribution is 2.27. The number of hydrogen-bond acceptors (Lipinski definition) is 3. The summed E-state index contributed by atoms with van der Waals surface area (Å²) >= 11 is 0. The molecule has 0 bridgehead atoms. The summed E-state index contributed by atoms with van der Waals surface area (Å²) in [6.45, 7) is 2.83. The van der Waals surface area contributed by atoms with E-state index in [4.69, 9.17) is 5.11 Å². The van der Waals surface area contributed by atoms with Crippen molar-refractivity contribution in [3.8, 4) is 0 Å². The first-order valence-corrected chi connectivity index (χ1v) is 6.75. The highest BCUT2D eigenvalue weighted by Gasteiger charge is 2.33. The topological polar surface area (TPSA) is 77.8 Å². The predicted molar refractivity (Wildman–Crippen MR) is 73.5 cm³/mol. The van der Waals surface area contributed by atoms with Crippen molar-refractivity contribution in [2.24, 2.45) is 5.92 Å². The van der Waals surface area contributed by atoms with E-state index in [2.05, 4.69) is 0 Å². The van der Waals surface area contributed by atoms with E-state index in [9.17, 15) is 14.7 Å². The van der Waals surface area contributed by atoms with E-state index >= 15 is 0 Å². The summed E-state index contributed by atoms with van der Waals surface area (Å²) in [5.41, 5.74) is 1.71. The molecule has 0 aromatic heterocycles. The molecule has 0 saturated carbocycles. The lowest BCUT2D eigenvalue weighted by atomic mass is 9.94. The molecule has 1 aromatic carbocycles. The Hall–Kier alpha value is -1.88. The molecule has 108 valence electrons. The Morgan fingerprint density at radius 2 is 2.10 bits per heavy atom. The van der Waals surface area contributed by atoms with Crippen molar-refractivity contribution in [1.29, 1.82) is 0 Å². The van der Waals surface area contributed by atoms with Crippen LogP contribution in [0.5, 0.6) is 0 Å². The van der Waals surface area contributed by atoms with Gasteiger partial charge in [-0.25, -0.2) is 0 Å². The minimum Gasteiger partial charge on any atom is -0.481 e. The molecule has 2 rings (SSSR count). The standard InChI is InChI=1S/C15H19NO4/c1-10-4-2-5-11(8-10)13(15(19)20)16-7-3-6-12(9-16)14(17)18/h2,4-5,8,12-13H,3,6-7,9H2,1H3,(H,17,18)(H,19,20). The van der Waals surface area contributed by atoms with E-state index < -0.39 is 23.9 Å². The van der Waals surface area contributed by atoms with Crippen LogP contribution in [0, 0.1) is 12.8 Å². The third-order valence-electron chi connectivity index (χ3n) is 3.76. The van der Waals surface area contributed by atoms with Crippen molar-refractivity contribution >= 4 is 11.9 Å². The van der Waals surface area contributed by atoms with Crippen LogP contribution in [0.25, 0.3) is 0 Å². The molecule has 1 aliphatic heterocycles. The molecular weight excluding hydrogens is 258 g/mol. The zero-order valence-electron chi connectivity index (χ0n) is 11.5. The Morgan fingerprint density at radius 3 is 2.70 bits per heavy atom. The fourth-order valence-corrected chi connectivity index (χ4v) is 2.79. The van der Waals surface area contributed by atoms with E-state index in [1.54, 1.807) is 11.0 Å². The predicted octanol–water partition coefficient (Wildman–Crippen LogP) is 1.92. The van der Waals surface area contributed by atoms with Crippen molar-refractivity contribution < 1.29 is 19.8 Å². The lowest BCUT2D eigenvalue weighted by Crippen LogP contribution is -2.43. The van der Waals surface area contributed by atoms with E-state index in [1.165, 1.54) is 0 Å². The van der Waals surface area contributed by atoms with Crippen molar-refractivity contribution in [2.45, 2.75) is 25.8 Å². The molecule has 0 spiro atoms. The van der Waals surface area contributed by atoms with Crippen LogP contribution >= 0.6 is 0 Å². The first-order chi connectivity index (χ1) is 9.49. The van der Waals surface area contributed by atoms with Gasteiger partial charge in [-0.15, -0.1) is 0 Å². The van der Waals surface area contributed by atoms with Crippen molar-refractivity contribution in [3.05, 3.63) is 35.4 Å². The average molecular weight is 277 g/mol. The second-order valence-electron chi connectivity index (χ2n) is 5.33. The third kappa shape index (κ3) is 3.17. The molecule has 0 radical (unpaired) electrons. The second-order valence-corrected chi connectivity index (χ2v) is 5.33. The van der Waals surface area contributed by atoms with Gasteiger partial charge in [-0.3, -0.25) is 14.5 Å². The van der Waals surface area contributed by atoms with Crippen LogP contribution in [-0.4, -0.2) is 40.1 Å². The van der Waals surface area contributed by atoms with Gasteiger partial charge in [-0.1, -0.05) is 29.8 Å². The average Bonchev–Trinajstić information content (AvgIpc) is 2.39. The van der Waals surface area contributed by atoms with Crippen LogP contribution in [0.15, 0.2) is 24.3 Å². The van der Waals surface area contributed by atoms with Crippen molar-refractivity contribution in [1.82, 2.24) is 4.90 Å². The number of aliphatic carboxylic acids is 2. The number of piperidine rings is 1. The monoisotopic (exact) mass is 277 g/mol. The van der Waals surface area contributed by atoms with E-state index in [1.807, 2.05) is 25.1 Å². The molecule has 1 aliphatic rings. The molecule has 5 heteroatoms. The number of benzene rings is 1. The molecule has 0 aliphatic carbocycles. The molecule has 2 unspecified atom stereocenters. The van der Waals surface area contributed by atoms with Gasteiger partial charge in [0.2, 0.25) is 0 Å². The third-order valence-corrected chi connectivity index (χ3v) is 3.76. The van der Waals surface area contributed by atoms with Crippen LogP contribution in [0.2, 0.25) is 0 Å². The van der Waals surface area contributed by atoms with E-state index in [-0.39, 0.29) is 0 Å². The van der Waals surface area contributed by atoms with Gasteiger partial charge in [0, 0.05) is 6.54 Å². The zero-order chi connectivity index (χ0) is 14.7.